The molecule has 3 aromatic rings. The maximum Gasteiger partial charge on any atom is 0.257 e. The van der Waals surface area contributed by atoms with Gasteiger partial charge in [0.1, 0.15) is 5.52 Å². The van der Waals surface area contributed by atoms with Crippen molar-refractivity contribution in [1.29, 1.82) is 5.26 Å². The van der Waals surface area contributed by atoms with Crippen LogP contribution in [0.3, 0.4) is 0 Å². The highest BCUT2D eigenvalue weighted by molar-refractivity contribution is 6.05. The summed E-state index contributed by atoms with van der Waals surface area (Å²) in [7, 11) is 0. The Bertz CT molecular complexity index is 919. The van der Waals surface area contributed by atoms with Crippen molar-refractivity contribution < 1.29 is 4.79 Å². The van der Waals surface area contributed by atoms with Crippen LogP contribution in [0.25, 0.3) is 11.2 Å². The number of carbonyl (C=O) groups excluding carboxylic acids is 1. The number of nitrogens with zero attached hydrogens (tertiary/aromatic N) is 4. The number of amides is 1. The fraction of sp³-hybridized carbons (Fsp3) is 0.222. The number of anilines is 1. The van der Waals surface area contributed by atoms with Crippen molar-refractivity contribution in [3.8, 4) is 6.07 Å². The number of pyridine rings is 1. The molecule has 6 nitrogen and oxygen atoms in total. The number of carbonyl (C=O) groups is 1. The number of aromatic nitrogens is 3. The number of nitriles is 1. The largest absolute Gasteiger partial charge is 0.322 e. The standard InChI is InChI=1S/C18H17N5O/c1-12(2)23-11-21-16-9-14(10-20-17(16)23)18(24)22-15-5-3-13(4-6-15)7-8-19/h3-6,9-12H,7H2,1-2H3,(H,22,24). The van der Waals surface area contributed by atoms with E-state index >= 15 is 0 Å². The minimum Gasteiger partial charge on any atom is -0.322 e. The summed E-state index contributed by atoms with van der Waals surface area (Å²) in [6.07, 6.45) is 3.65. The molecule has 0 saturated carbocycles. The molecule has 0 atom stereocenters. The van der Waals surface area contributed by atoms with Gasteiger partial charge in [0.15, 0.2) is 5.65 Å². The average Bonchev–Trinajstić information content (AvgIpc) is 3.00. The van der Waals surface area contributed by atoms with Crippen molar-refractivity contribution in [2.24, 2.45) is 0 Å². The summed E-state index contributed by atoms with van der Waals surface area (Å²) in [4.78, 5) is 21.1. The molecule has 3 rings (SSSR count). The van der Waals surface area contributed by atoms with Crippen molar-refractivity contribution in [2.75, 3.05) is 5.32 Å². The van der Waals surface area contributed by atoms with Crippen LogP contribution in [0, 0.1) is 11.3 Å². The molecule has 0 aliphatic rings. The third kappa shape index (κ3) is 3.10. The van der Waals surface area contributed by atoms with Crippen molar-refractivity contribution in [1.82, 2.24) is 14.5 Å². The summed E-state index contributed by atoms with van der Waals surface area (Å²) in [5.74, 6) is -0.239. The van der Waals surface area contributed by atoms with E-state index in [1.54, 1.807) is 30.7 Å². The predicted molar refractivity (Wildman–Crippen MR) is 91.6 cm³/mol. The van der Waals surface area contributed by atoms with E-state index in [0.717, 1.165) is 11.2 Å². The quantitative estimate of drug-likeness (QED) is 0.799. The first-order valence-electron chi connectivity index (χ1n) is 7.68. The molecule has 0 spiro atoms. The van der Waals surface area contributed by atoms with Crippen LogP contribution >= 0.6 is 0 Å². The van der Waals surface area contributed by atoms with Crippen LogP contribution < -0.4 is 5.32 Å². The van der Waals surface area contributed by atoms with E-state index in [0.29, 0.717) is 23.2 Å². The zero-order valence-corrected chi connectivity index (χ0v) is 13.5. The minimum absolute atomic E-state index is 0.239. The molecule has 1 N–H and O–H groups in total. The third-order valence-corrected chi connectivity index (χ3v) is 3.73. The monoisotopic (exact) mass is 319 g/mol. The van der Waals surface area contributed by atoms with Crippen LogP contribution in [-0.2, 0) is 6.42 Å². The molecule has 0 bridgehead atoms. The van der Waals surface area contributed by atoms with Crippen LogP contribution in [0.5, 0.6) is 0 Å². The Labute approximate surface area is 139 Å². The van der Waals surface area contributed by atoms with Crippen molar-refractivity contribution in [3.05, 3.63) is 54.0 Å². The fourth-order valence-electron chi connectivity index (χ4n) is 2.42. The van der Waals surface area contributed by atoms with Gasteiger partial charge in [-0.3, -0.25) is 4.79 Å². The van der Waals surface area contributed by atoms with E-state index in [1.807, 2.05) is 16.7 Å². The molecule has 6 heteroatoms. The van der Waals surface area contributed by atoms with Crippen molar-refractivity contribution >= 4 is 22.8 Å². The minimum atomic E-state index is -0.239. The molecule has 120 valence electrons. The summed E-state index contributed by atoms with van der Waals surface area (Å²) in [5, 5.41) is 11.5. The zero-order chi connectivity index (χ0) is 17.1. The molecule has 0 unspecified atom stereocenters. The van der Waals surface area contributed by atoms with Crippen molar-refractivity contribution in [2.45, 2.75) is 26.3 Å². The lowest BCUT2D eigenvalue weighted by molar-refractivity contribution is 0.102. The van der Waals surface area contributed by atoms with Crippen molar-refractivity contribution in [3.63, 3.8) is 0 Å². The van der Waals surface area contributed by atoms with Gasteiger partial charge < -0.3 is 9.88 Å². The molecular weight excluding hydrogens is 302 g/mol. The number of rotatable bonds is 4. The van der Waals surface area contributed by atoms with Crippen LogP contribution in [0.2, 0.25) is 0 Å². The number of benzene rings is 1. The summed E-state index contributed by atoms with van der Waals surface area (Å²) >= 11 is 0. The first-order chi connectivity index (χ1) is 11.6. The number of fused-ring (bicyclic) bond motifs is 1. The summed E-state index contributed by atoms with van der Waals surface area (Å²) in [6.45, 7) is 4.11. The Hall–Kier alpha value is -3.20. The lowest BCUT2D eigenvalue weighted by Gasteiger charge is -2.08. The molecule has 2 aromatic heterocycles. The van der Waals surface area contributed by atoms with Gasteiger partial charge >= 0.3 is 0 Å². The lowest BCUT2D eigenvalue weighted by Crippen LogP contribution is -2.12. The van der Waals surface area contributed by atoms with E-state index < -0.39 is 0 Å². The Balaban J connectivity index is 1.80. The smallest absolute Gasteiger partial charge is 0.257 e. The Morgan fingerprint density at radius 1 is 1.29 bits per heavy atom. The molecule has 1 amide bonds. The summed E-state index contributed by atoms with van der Waals surface area (Å²) in [5.41, 5.74) is 3.51. The zero-order valence-electron chi connectivity index (χ0n) is 13.5. The first-order valence-corrected chi connectivity index (χ1v) is 7.68. The highest BCUT2D eigenvalue weighted by Gasteiger charge is 2.12. The van der Waals surface area contributed by atoms with Crippen LogP contribution in [0.15, 0.2) is 42.9 Å². The van der Waals surface area contributed by atoms with Gasteiger partial charge in [-0.05, 0) is 37.6 Å². The van der Waals surface area contributed by atoms with E-state index in [9.17, 15) is 4.79 Å². The topological polar surface area (TPSA) is 83.6 Å². The molecule has 0 aliphatic heterocycles. The number of hydrogen-bond donors (Lipinski definition) is 1. The van der Waals surface area contributed by atoms with E-state index in [2.05, 4.69) is 35.2 Å². The molecule has 2 heterocycles. The fourth-order valence-corrected chi connectivity index (χ4v) is 2.42. The van der Waals surface area contributed by atoms with Gasteiger partial charge in [0.2, 0.25) is 0 Å². The van der Waals surface area contributed by atoms with Crippen LogP contribution in [0.4, 0.5) is 5.69 Å². The second kappa shape index (κ2) is 6.50. The van der Waals surface area contributed by atoms with Gasteiger partial charge in [-0.2, -0.15) is 5.26 Å². The number of nitrogens with one attached hydrogen (secondary N) is 1. The molecule has 0 aliphatic carbocycles. The van der Waals surface area contributed by atoms with Gasteiger partial charge in [-0.25, -0.2) is 9.97 Å². The maximum atomic E-state index is 12.4. The molecular formula is C18H17N5O. The normalized spacial score (nSPS) is 10.8. The SMILES string of the molecule is CC(C)n1cnc2cc(C(=O)Nc3ccc(CC#N)cc3)cnc21. The van der Waals surface area contributed by atoms with Gasteiger partial charge in [0, 0.05) is 17.9 Å². The number of imidazole rings is 1. The van der Waals surface area contributed by atoms with Gasteiger partial charge in [0.05, 0.1) is 24.4 Å². The molecule has 1 aromatic carbocycles. The van der Waals surface area contributed by atoms with Gasteiger partial charge in [-0.15, -0.1) is 0 Å². The highest BCUT2D eigenvalue weighted by Crippen LogP contribution is 2.17. The first kappa shape index (κ1) is 15.7. The molecule has 0 radical (unpaired) electrons. The second-order valence-corrected chi connectivity index (χ2v) is 5.80. The highest BCUT2D eigenvalue weighted by atomic mass is 16.1. The lowest BCUT2D eigenvalue weighted by atomic mass is 10.1. The van der Waals surface area contributed by atoms with E-state index in [-0.39, 0.29) is 11.9 Å². The predicted octanol–water partition coefficient (Wildman–Crippen LogP) is 3.33. The Kier molecular flexibility index (Phi) is 4.25. The summed E-state index contributed by atoms with van der Waals surface area (Å²) in [6, 6.07) is 11.3. The Morgan fingerprint density at radius 2 is 2.04 bits per heavy atom. The molecule has 0 fully saturated rings. The molecule has 24 heavy (non-hydrogen) atoms. The van der Waals surface area contributed by atoms with E-state index in [1.165, 1.54) is 0 Å². The van der Waals surface area contributed by atoms with Crippen LogP contribution in [0.1, 0.15) is 35.8 Å². The van der Waals surface area contributed by atoms with Gasteiger partial charge in [0.25, 0.3) is 5.91 Å². The maximum absolute atomic E-state index is 12.4. The second-order valence-electron chi connectivity index (χ2n) is 5.80. The number of hydrogen-bond acceptors (Lipinski definition) is 4. The average molecular weight is 319 g/mol. The van der Waals surface area contributed by atoms with Crippen LogP contribution in [-0.4, -0.2) is 20.4 Å². The third-order valence-electron chi connectivity index (χ3n) is 3.73. The summed E-state index contributed by atoms with van der Waals surface area (Å²) < 4.78 is 1.96. The molecule has 0 saturated heterocycles. The van der Waals surface area contributed by atoms with Gasteiger partial charge in [-0.1, -0.05) is 12.1 Å². The Morgan fingerprint density at radius 3 is 2.71 bits per heavy atom. The van der Waals surface area contributed by atoms with E-state index in [4.69, 9.17) is 5.26 Å².